The SMILES string of the molecule is COC(=O)N[C@H](C(=O)N1CCCC1c1nc2ccc(Nc3cc4cc5cc(-c6cnc(C7CCCN7C(=O)[C@H](NC(=O)OC)C(C)C)[nH]6)[nH]c5cc4[nH]3)cc2[nH]1)C(C)C. The van der Waals surface area contributed by atoms with Gasteiger partial charge in [0.25, 0.3) is 0 Å². The summed E-state index contributed by atoms with van der Waals surface area (Å²) < 4.78 is 9.54. The minimum Gasteiger partial charge on any atom is -0.453 e. The van der Waals surface area contributed by atoms with Crippen LogP contribution in [0.15, 0.2) is 48.7 Å². The van der Waals surface area contributed by atoms with Crippen LogP contribution in [0.5, 0.6) is 0 Å². The molecule has 0 bridgehead atoms. The standard InChI is InChI=1S/C42H51N11O6/c1-21(2)35(50-41(56)58-5)39(54)52-13-7-9-32(52)37-43-20-31(49-37)29-16-23-15-24-17-34(46-28(24)19-27(23)45-29)44-25-11-12-26-30(18-25)48-38(47-26)33-10-8-14-53(33)40(55)36(22(3)4)51-42(57)59-6/h11-12,15-22,32-33,35-36,44-46H,7-10,13-14H2,1-6H3,(H,43,49)(H,47,48)(H,50,56)(H,51,57)/t32?,33?,35-,36+/m1/s1. The lowest BCUT2D eigenvalue weighted by Gasteiger charge is -2.30. The minimum atomic E-state index is -0.698. The van der Waals surface area contributed by atoms with E-state index in [0.717, 1.165) is 87.2 Å². The van der Waals surface area contributed by atoms with Crippen molar-refractivity contribution >= 4 is 68.3 Å². The molecule has 2 saturated heterocycles. The molecule has 4 amide bonds. The Morgan fingerprint density at radius 1 is 0.695 bits per heavy atom. The van der Waals surface area contributed by atoms with E-state index in [-0.39, 0.29) is 35.7 Å². The molecular formula is C42H51N11O6. The number of aromatic nitrogens is 6. The Morgan fingerprint density at radius 2 is 1.31 bits per heavy atom. The number of rotatable bonds is 11. The van der Waals surface area contributed by atoms with E-state index >= 15 is 0 Å². The number of carbonyl (C=O) groups excluding carboxylic acids is 4. The predicted octanol–water partition coefficient (Wildman–Crippen LogP) is 6.75. The first-order chi connectivity index (χ1) is 28.4. The Kier molecular flexibility index (Phi) is 10.7. The lowest BCUT2D eigenvalue weighted by atomic mass is 10.0. The summed E-state index contributed by atoms with van der Waals surface area (Å²) in [6.07, 6.45) is 3.75. The highest BCUT2D eigenvalue weighted by molar-refractivity contribution is 5.99. The third-order valence-electron chi connectivity index (χ3n) is 11.5. The van der Waals surface area contributed by atoms with Gasteiger partial charge in [0.1, 0.15) is 29.6 Å². The summed E-state index contributed by atoms with van der Waals surface area (Å²) in [6.45, 7) is 8.77. The van der Waals surface area contributed by atoms with Crippen molar-refractivity contribution in [1.29, 1.82) is 0 Å². The van der Waals surface area contributed by atoms with E-state index in [4.69, 9.17) is 19.4 Å². The second-order valence-electron chi connectivity index (χ2n) is 16.1. The molecule has 2 aromatic carbocycles. The number of anilines is 2. The zero-order valence-electron chi connectivity index (χ0n) is 34.1. The summed E-state index contributed by atoms with van der Waals surface area (Å²) in [6, 6.07) is 12.4. The predicted molar refractivity (Wildman–Crippen MR) is 223 cm³/mol. The van der Waals surface area contributed by atoms with Crippen molar-refractivity contribution in [3.05, 3.63) is 60.3 Å². The first-order valence-electron chi connectivity index (χ1n) is 20.2. The van der Waals surface area contributed by atoms with E-state index in [1.165, 1.54) is 14.2 Å². The molecule has 4 aromatic heterocycles. The number of carbonyl (C=O) groups is 4. The van der Waals surface area contributed by atoms with E-state index < -0.39 is 24.3 Å². The van der Waals surface area contributed by atoms with E-state index in [1.54, 1.807) is 11.1 Å². The molecule has 6 aromatic rings. The number of hydrogen-bond acceptors (Lipinski definition) is 9. The molecule has 2 aliphatic heterocycles. The maximum absolute atomic E-state index is 13.6. The van der Waals surface area contributed by atoms with Crippen molar-refractivity contribution < 1.29 is 28.7 Å². The molecule has 0 radical (unpaired) electrons. The minimum absolute atomic E-state index is 0.113. The summed E-state index contributed by atoms with van der Waals surface area (Å²) in [7, 11) is 2.58. The molecule has 17 nitrogen and oxygen atoms in total. The van der Waals surface area contributed by atoms with Crippen molar-refractivity contribution in [3.8, 4) is 11.4 Å². The van der Waals surface area contributed by atoms with Crippen LogP contribution in [0.2, 0.25) is 0 Å². The van der Waals surface area contributed by atoms with Gasteiger partial charge in [0.15, 0.2) is 0 Å². The number of ether oxygens (including phenoxy) is 2. The van der Waals surface area contributed by atoms with Crippen LogP contribution >= 0.6 is 0 Å². The normalized spacial score (nSPS) is 18.0. The van der Waals surface area contributed by atoms with Gasteiger partial charge in [-0.15, -0.1) is 0 Å². The molecule has 6 heterocycles. The fourth-order valence-electron chi connectivity index (χ4n) is 8.42. The van der Waals surface area contributed by atoms with Crippen LogP contribution in [-0.4, -0.2) is 103 Å². The Morgan fingerprint density at radius 3 is 1.93 bits per heavy atom. The number of methoxy groups -OCH3 is 2. The van der Waals surface area contributed by atoms with Gasteiger partial charge in [-0.3, -0.25) is 9.59 Å². The van der Waals surface area contributed by atoms with Gasteiger partial charge in [0.05, 0.1) is 54.9 Å². The molecular weight excluding hydrogens is 755 g/mol. The van der Waals surface area contributed by atoms with Crippen molar-refractivity contribution in [2.75, 3.05) is 32.6 Å². The smallest absolute Gasteiger partial charge is 0.407 e. The molecule has 2 fully saturated rings. The zero-order valence-corrected chi connectivity index (χ0v) is 34.1. The molecule has 310 valence electrons. The number of likely N-dealkylation sites (tertiary alicyclic amines) is 2. The first kappa shape index (κ1) is 39.3. The highest BCUT2D eigenvalue weighted by Crippen LogP contribution is 2.36. The molecule has 2 unspecified atom stereocenters. The van der Waals surface area contributed by atoms with Gasteiger partial charge < -0.3 is 55.2 Å². The van der Waals surface area contributed by atoms with Crippen LogP contribution in [-0.2, 0) is 19.1 Å². The van der Waals surface area contributed by atoms with E-state index in [1.807, 2.05) is 50.8 Å². The van der Waals surface area contributed by atoms with Gasteiger partial charge in [-0.1, -0.05) is 27.7 Å². The number of nitrogens with one attached hydrogen (secondary N) is 7. The van der Waals surface area contributed by atoms with E-state index in [2.05, 4.69) is 60.2 Å². The quantitative estimate of drug-likeness (QED) is 0.0736. The van der Waals surface area contributed by atoms with Crippen LogP contribution in [0.4, 0.5) is 21.1 Å². The summed E-state index contributed by atoms with van der Waals surface area (Å²) in [5, 5.41) is 11.0. The van der Waals surface area contributed by atoms with Crippen LogP contribution in [0.25, 0.3) is 44.2 Å². The molecule has 0 saturated carbocycles. The van der Waals surface area contributed by atoms with Crippen LogP contribution < -0.4 is 16.0 Å². The maximum atomic E-state index is 13.6. The third-order valence-corrected chi connectivity index (χ3v) is 11.5. The molecule has 59 heavy (non-hydrogen) atoms. The van der Waals surface area contributed by atoms with Crippen molar-refractivity contribution in [3.63, 3.8) is 0 Å². The topological polar surface area (TPSA) is 218 Å². The number of imidazole rings is 2. The molecule has 8 rings (SSSR count). The highest BCUT2D eigenvalue weighted by atomic mass is 16.5. The van der Waals surface area contributed by atoms with Crippen LogP contribution in [0.1, 0.15) is 77.1 Å². The van der Waals surface area contributed by atoms with Gasteiger partial charge in [-0.2, -0.15) is 0 Å². The van der Waals surface area contributed by atoms with Crippen LogP contribution in [0, 0.1) is 11.8 Å². The summed E-state index contributed by atoms with van der Waals surface area (Å²) in [5.41, 5.74) is 6.11. The Labute approximate surface area is 340 Å². The average Bonchev–Trinajstić information content (AvgIpc) is 4.07. The number of amides is 4. The lowest BCUT2D eigenvalue weighted by molar-refractivity contribution is -0.136. The monoisotopic (exact) mass is 805 g/mol. The average molecular weight is 806 g/mol. The molecule has 7 N–H and O–H groups in total. The second kappa shape index (κ2) is 16.0. The summed E-state index contributed by atoms with van der Waals surface area (Å²) in [5.74, 6) is 1.73. The summed E-state index contributed by atoms with van der Waals surface area (Å²) in [4.78, 5) is 78.3. The van der Waals surface area contributed by atoms with Gasteiger partial charge in [-0.25, -0.2) is 19.6 Å². The molecule has 0 aliphatic carbocycles. The number of alkyl carbamates (subject to hydrolysis) is 2. The van der Waals surface area contributed by atoms with Crippen molar-refractivity contribution in [2.45, 2.75) is 77.5 Å². The molecule has 2 aliphatic rings. The Balaban J connectivity index is 0.959. The second-order valence-corrected chi connectivity index (χ2v) is 16.1. The Bertz CT molecular complexity index is 2480. The largest absolute Gasteiger partial charge is 0.453 e. The van der Waals surface area contributed by atoms with Gasteiger partial charge in [-0.05, 0) is 80.0 Å². The van der Waals surface area contributed by atoms with E-state index in [0.29, 0.717) is 18.9 Å². The number of nitrogens with zero attached hydrogens (tertiary/aromatic N) is 4. The summed E-state index contributed by atoms with van der Waals surface area (Å²) >= 11 is 0. The number of H-pyrrole nitrogens is 4. The third kappa shape index (κ3) is 7.76. The number of hydrogen-bond donors (Lipinski definition) is 7. The maximum Gasteiger partial charge on any atom is 0.407 e. The van der Waals surface area contributed by atoms with Crippen molar-refractivity contribution in [2.24, 2.45) is 11.8 Å². The number of aromatic amines is 4. The number of fused-ring (bicyclic) bond motifs is 3. The first-order valence-corrected chi connectivity index (χ1v) is 20.2. The fourth-order valence-corrected chi connectivity index (χ4v) is 8.42. The highest BCUT2D eigenvalue weighted by Gasteiger charge is 2.39. The number of benzene rings is 2. The fraction of sp³-hybridized carbons (Fsp3) is 0.429. The van der Waals surface area contributed by atoms with Gasteiger partial charge >= 0.3 is 12.2 Å². The zero-order chi connectivity index (χ0) is 41.5. The molecule has 4 atom stereocenters. The van der Waals surface area contributed by atoms with Crippen molar-refractivity contribution in [1.82, 2.24) is 50.3 Å². The molecule has 0 spiro atoms. The van der Waals surface area contributed by atoms with E-state index in [9.17, 15) is 19.2 Å². The van der Waals surface area contributed by atoms with Gasteiger partial charge in [0, 0.05) is 40.6 Å². The van der Waals surface area contributed by atoms with Gasteiger partial charge in [0.2, 0.25) is 11.8 Å². The lowest BCUT2D eigenvalue weighted by Crippen LogP contribution is -2.51. The molecule has 17 heteroatoms. The van der Waals surface area contributed by atoms with Crippen LogP contribution in [0.3, 0.4) is 0 Å². The Hall–Kier alpha value is -6.52.